The largest absolute Gasteiger partial charge is 0.486 e. The van der Waals surface area contributed by atoms with Gasteiger partial charge < -0.3 is 14.2 Å². The Labute approximate surface area is 107 Å². The molecular weight excluding hydrogens is 256 g/mol. The smallest absolute Gasteiger partial charge is 0.321 e. The van der Waals surface area contributed by atoms with Gasteiger partial charge in [-0.05, 0) is 19.1 Å². The second kappa shape index (κ2) is 5.39. The van der Waals surface area contributed by atoms with Gasteiger partial charge in [-0.1, -0.05) is 0 Å². The van der Waals surface area contributed by atoms with E-state index in [4.69, 9.17) is 9.47 Å². The quantitative estimate of drug-likeness (QED) is 0.770. The molecule has 0 amide bonds. The highest BCUT2D eigenvalue weighted by molar-refractivity contribution is 7.86. The molecule has 0 aromatic heterocycles. The summed E-state index contributed by atoms with van der Waals surface area (Å²) < 4.78 is 27.5. The van der Waals surface area contributed by atoms with Gasteiger partial charge in [-0.2, -0.15) is 0 Å². The van der Waals surface area contributed by atoms with E-state index in [2.05, 4.69) is 4.74 Å². The number of carbonyl (C=O) groups excluding carboxylic acids is 1. The molecule has 1 aromatic rings. The number of fused-ring (bicyclic) bond motifs is 1. The molecule has 0 saturated heterocycles. The summed E-state index contributed by atoms with van der Waals surface area (Å²) in [5.74, 6) is 0.695. The highest BCUT2D eigenvalue weighted by atomic mass is 32.2. The average molecular weight is 270 g/mol. The van der Waals surface area contributed by atoms with E-state index in [9.17, 15) is 9.00 Å². The van der Waals surface area contributed by atoms with Crippen LogP contribution in [0.15, 0.2) is 23.1 Å². The molecule has 0 radical (unpaired) electrons. The van der Waals surface area contributed by atoms with Gasteiger partial charge in [-0.15, -0.1) is 0 Å². The van der Waals surface area contributed by atoms with Crippen molar-refractivity contribution < 1.29 is 23.2 Å². The maximum absolute atomic E-state index is 12.1. The van der Waals surface area contributed by atoms with Crippen molar-refractivity contribution in [2.75, 3.05) is 20.3 Å². The van der Waals surface area contributed by atoms with E-state index < -0.39 is 22.0 Å². The standard InChI is InChI=1S/C12H14O5S/c1-8(12(13)15-2)18(14)9-3-4-10-11(7-9)17-6-5-16-10/h3-4,7-8H,5-6H2,1-2H3. The summed E-state index contributed by atoms with van der Waals surface area (Å²) >= 11 is 0. The van der Waals surface area contributed by atoms with E-state index >= 15 is 0 Å². The van der Waals surface area contributed by atoms with Crippen LogP contribution in [0.1, 0.15) is 6.92 Å². The first-order valence-electron chi connectivity index (χ1n) is 5.51. The number of hydrogen-bond acceptors (Lipinski definition) is 5. The molecule has 1 aromatic carbocycles. The lowest BCUT2D eigenvalue weighted by Crippen LogP contribution is -2.24. The second-order valence-corrected chi connectivity index (χ2v) is 5.54. The Hall–Kier alpha value is -1.56. The molecule has 0 N–H and O–H groups in total. The molecule has 1 heterocycles. The first-order valence-corrected chi connectivity index (χ1v) is 6.73. The van der Waals surface area contributed by atoms with Crippen molar-refractivity contribution in [1.82, 2.24) is 0 Å². The SMILES string of the molecule is COC(=O)C(C)S(=O)c1ccc2c(c1)OCCO2. The Morgan fingerprint density at radius 1 is 1.33 bits per heavy atom. The maximum atomic E-state index is 12.1. The van der Waals surface area contributed by atoms with E-state index in [1.54, 1.807) is 25.1 Å². The Kier molecular flexibility index (Phi) is 3.86. The third-order valence-electron chi connectivity index (χ3n) is 2.60. The summed E-state index contributed by atoms with van der Waals surface area (Å²) in [5, 5.41) is -0.711. The predicted octanol–water partition coefficient (Wildman–Crippen LogP) is 1.13. The first-order chi connectivity index (χ1) is 8.63. The number of methoxy groups -OCH3 is 1. The normalized spacial score (nSPS) is 16.8. The number of carbonyl (C=O) groups is 1. The number of rotatable bonds is 3. The van der Waals surface area contributed by atoms with Crippen LogP contribution in [0.3, 0.4) is 0 Å². The zero-order chi connectivity index (χ0) is 13.1. The maximum Gasteiger partial charge on any atom is 0.321 e. The molecule has 5 nitrogen and oxygen atoms in total. The van der Waals surface area contributed by atoms with E-state index in [1.165, 1.54) is 7.11 Å². The van der Waals surface area contributed by atoms with Crippen LogP contribution < -0.4 is 9.47 Å². The van der Waals surface area contributed by atoms with Gasteiger partial charge in [-0.3, -0.25) is 9.00 Å². The number of esters is 1. The fourth-order valence-electron chi connectivity index (χ4n) is 1.61. The number of ether oxygens (including phenoxy) is 3. The van der Waals surface area contributed by atoms with Gasteiger partial charge in [0.2, 0.25) is 0 Å². The van der Waals surface area contributed by atoms with E-state index in [1.807, 2.05) is 0 Å². The molecule has 2 rings (SSSR count). The fraction of sp³-hybridized carbons (Fsp3) is 0.417. The lowest BCUT2D eigenvalue weighted by molar-refractivity contribution is -0.139. The number of hydrogen-bond donors (Lipinski definition) is 0. The second-order valence-electron chi connectivity index (χ2n) is 3.77. The van der Waals surface area contributed by atoms with Crippen molar-refractivity contribution in [1.29, 1.82) is 0 Å². The molecule has 1 aliphatic rings. The van der Waals surface area contributed by atoms with E-state index in [0.717, 1.165) is 0 Å². The molecule has 0 aliphatic carbocycles. The lowest BCUT2D eigenvalue weighted by Gasteiger charge is -2.19. The van der Waals surface area contributed by atoms with Gasteiger partial charge in [0.15, 0.2) is 11.5 Å². The van der Waals surface area contributed by atoms with Crippen molar-refractivity contribution in [3.8, 4) is 11.5 Å². The van der Waals surface area contributed by atoms with Crippen molar-refractivity contribution in [2.24, 2.45) is 0 Å². The zero-order valence-electron chi connectivity index (χ0n) is 10.2. The van der Waals surface area contributed by atoms with Crippen LogP contribution in [0.25, 0.3) is 0 Å². The summed E-state index contributed by atoms with van der Waals surface area (Å²) in [6.45, 7) is 2.54. The molecule has 18 heavy (non-hydrogen) atoms. The summed E-state index contributed by atoms with van der Waals surface area (Å²) in [6.07, 6.45) is 0. The Morgan fingerprint density at radius 2 is 2.00 bits per heavy atom. The molecule has 0 spiro atoms. The van der Waals surface area contributed by atoms with Crippen LogP contribution in [0.4, 0.5) is 0 Å². The summed E-state index contributed by atoms with van der Waals surface area (Å²) in [5.41, 5.74) is 0. The molecule has 6 heteroatoms. The third-order valence-corrected chi connectivity index (χ3v) is 4.15. The van der Waals surface area contributed by atoms with Crippen molar-refractivity contribution in [3.63, 3.8) is 0 Å². The van der Waals surface area contributed by atoms with Gasteiger partial charge in [0.1, 0.15) is 18.5 Å². The van der Waals surface area contributed by atoms with Crippen LogP contribution in [0.5, 0.6) is 11.5 Å². The average Bonchev–Trinajstić information content (AvgIpc) is 2.44. The molecule has 0 fully saturated rings. The minimum Gasteiger partial charge on any atom is -0.486 e. The highest BCUT2D eigenvalue weighted by Gasteiger charge is 2.23. The molecule has 0 saturated carbocycles. The summed E-state index contributed by atoms with van der Waals surface area (Å²) in [6, 6.07) is 5.01. The van der Waals surface area contributed by atoms with Gasteiger partial charge in [0.05, 0.1) is 17.9 Å². The number of benzene rings is 1. The van der Waals surface area contributed by atoms with Crippen LogP contribution in [0.2, 0.25) is 0 Å². The zero-order valence-corrected chi connectivity index (χ0v) is 11.0. The first kappa shape index (κ1) is 12.9. The topological polar surface area (TPSA) is 61.8 Å². The van der Waals surface area contributed by atoms with Crippen LogP contribution in [-0.2, 0) is 20.3 Å². The van der Waals surface area contributed by atoms with Crippen molar-refractivity contribution >= 4 is 16.8 Å². The molecule has 0 bridgehead atoms. The molecule has 2 atom stereocenters. The van der Waals surface area contributed by atoms with Gasteiger partial charge in [-0.25, -0.2) is 0 Å². The molecular formula is C12H14O5S. The highest BCUT2D eigenvalue weighted by Crippen LogP contribution is 2.32. The van der Waals surface area contributed by atoms with Gasteiger partial charge >= 0.3 is 5.97 Å². The van der Waals surface area contributed by atoms with Crippen molar-refractivity contribution in [2.45, 2.75) is 17.1 Å². The predicted molar refractivity (Wildman–Crippen MR) is 65.3 cm³/mol. The van der Waals surface area contributed by atoms with Gasteiger partial charge in [0.25, 0.3) is 0 Å². The van der Waals surface area contributed by atoms with E-state index in [0.29, 0.717) is 29.6 Å². The minimum absolute atomic E-state index is 0.468. The Bertz CT molecular complexity index is 485. The fourth-order valence-corrected chi connectivity index (χ4v) is 2.71. The molecule has 1 aliphatic heterocycles. The van der Waals surface area contributed by atoms with Crippen LogP contribution >= 0.6 is 0 Å². The molecule has 2 unspecified atom stereocenters. The van der Waals surface area contributed by atoms with Crippen LogP contribution in [-0.4, -0.2) is 35.8 Å². The minimum atomic E-state index is -1.47. The summed E-state index contributed by atoms with van der Waals surface area (Å²) in [4.78, 5) is 11.9. The van der Waals surface area contributed by atoms with Gasteiger partial charge in [0, 0.05) is 11.0 Å². The Morgan fingerprint density at radius 3 is 2.67 bits per heavy atom. The third kappa shape index (κ3) is 2.48. The monoisotopic (exact) mass is 270 g/mol. The Balaban J connectivity index is 2.23. The summed E-state index contributed by atoms with van der Waals surface area (Å²) in [7, 11) is -0.189. The lowest BCUT2D eigenvalue weighted by atomic mass is 10.3. The van der Waals surface area contributed by atoms with E-state index in [-0.39, 0.29) is 0 Å². The van der Waals surface area contributed by atoms with Crippen LogP contribution in [0, 0.1) is 0 Å². The van der Waals surface area contributed by atoms with Crippen molar-refractivity contribution in [3.05, 3.63) is 18.2 Å². The molecule has 98 valence electrons.